The Morgan fingerprint density at radius 3 is 3.15 bits per heavy atom. The first-order chi connectivity index (χ1) is 12.7. The number of piperidine rings is 1. The number of nitrogens with zero attached hydrogens (tertiary/aromatic N) is 3. The van der Waals surface area contributed by atoms with Gasteiger partial charge in [0, 0.05) is 12.1 Å². The van der Waals surface area contributed by atoms with E-state index in [0.717, 1.165) is 49.2 Å². The van der Waals surface area contributed by atoms with Crippen molar-refractivity contribution in [2.24, 2.45) is 5.73 Å². The molecule has 1 aromatic carbocycles. The lowest BCUT2D eigenvalue weighted by Gasteiger charge is -2.33. The van der Waals surface area contributed by atoms with E-state index in [9.17, 15) is 4.79 Å². The molecule has 1 unspecified atom stereocenters. The molecule has 0 saturated carbocycles. The lowest BCUT2D eigenvalue weighted by molar-refractivity contribution is -0.122. The van der Waals surface area contributed by atoms with Crippen molar-refractivity contribution in [3.05, 3.63) is 35.5 Å². The highest BCUT2D eigenvalue weighted by molar-refractivity contribution is 5.95. The first-order valence-electron chi connectivity index (χ1n) is 9.05. The normalized spacial score (nSPS) is 19.8. The average Bonchev–Trinajstić information content (AvgIpc) is 3.30. The van der Waals surface area contributed by atoms with Gasteiger partial charge in [-0.25, -0.2) is 0 Å². The van der Waals surface area contributed by atoms with Crippen molar-refractivity contribution >= 4 is 11.6 Å². The molecule has 4 rings (SSSR count). The number of benzene rings is 1. The van der Waals surface area contributed by atoms with Crippen LogP contribution in [0.15, 0.2) is 22.7 Å². The van der Waals surface area contributed by atoms with Crippen molar-refractivity contribution in [3.8, 4) is 5.75 Å². The van der Waals surface area contributed by atoms with Crippen LogP contribution in [0, 0.1) is 0 Å². The lowest BCUT2D eigenvalue weighted by Crippen LogP contribution is -2.46. The number of ether oxygens (including phenoxy) is 1. The Labute approximate surface area is 151 Å². The van der Waals surface area contributed by atoms with Gasteiger partial charge in [0.05, 0.1) is 25.7 Å². The Morgan fingerprint density at radius 1 is 1.38 bits per heavy atom. The number of amides is 1. The van der Waals surface area contributed by atoms with E-state index in [1.54, 1.807) is 0 Å². The topological polar surface area (TPSA) is 107 Å². The number of nitrogens with one attached hydrogen (secondary N) is 1. The molecule has 0 radical (unpaired) electrons. The molecule has 1 aromatic heterocycles. The van der Waals surface area contributed by atoms with E-state index < -0.39 is 0 Å². The summed E-state index contributed by atoms with van der Waals surface area (Å²) in [5.41, 5.74) is 7.47. The molecule has 1 saturated heterocycles. The van der Waals surface area contributed by atoms with E-state index in [0.29, 0.717) is 24.9 Å². The van der Waals surface area contributed by atoms with Gasteiger partial charge in [-0.2, -0.15) is 4.98 Å². The molecule has 1 amide bonds. The van der Waals surface area contributed by atoms with Crippen LogP contribution in [0.3, 0.4) is 0 Å². The number of likely N-dealkylation sites (tertiary alicyclic amines) is 1. The summed E-state index contributed by atoms with van der Waals surface area (Å²) in [6.07, 6.45) is 3.80. The molecule has 138 valence electrons. The number of carbonyl (C=O) groups is 1. The second-order valence-electron chi connectivity index (χ2n) is 6.70. The van der Waals surface area contributed by atoms with Crippen molar-refractivity contribution in [1.82, 2.24) is 15.0 Å². The number of anilines is 1. The number of hydrogen-bond acceptors (Lipinski definition) is 7. The van der Waals surface area contributed by atoms with Gasteiger partial charge in [-0.05, 0) is 43.1 Å². The number of aromatic nitrogens is 2. The molecule has 1 fully saturated rings. The quantitative estimate of drug-likeness (QED) is 0.834. The van der Waals surface area contributed by atoms with Gasteiger partial charge in [0.2, 0.25) is 11.8 Å². The number of carbonyl (C=O) groups excluding carboxylic acids is 1. The van der Waals surface area contributed by atoms with E-state index in [2.05, 4.69) is 20.4 Å². The van der Waals surface area contributed by atoms with E-state index in [1.165, 1.54) is 0 Å². The van der Waals surface area contributed by atoms with Crippen LogP contribution < -0.4 is 15.8 Å². The van der Waals surface area contributed by atoms with Crippen molar-refractivity contribution in [2.75, 3.05) is 18.5 Å². The van der Waals surface area contributed by atoms with Crippen LogP contribution in [0.4, 0.5) is 5.69 Å². The van der Waals surface area contributed by atoms with Gasteiger partial charge in [0.15, 0.2) is 5.82 Å². The third-order valence-corrected chi connectivity index (χ3v) is 4.90. The molecular weight excluding hydrogens is 334 g/mol. The number of nitrogens with two attached hydrogens (primary N) is 1. The number of rotatable bonds is 5. The molecule has 3 N–H and O–H groups in total. The number of fused-ring (bicyclic) bond motifs is 1. The van der Waals surface area contributed by atoms with Gasteiger partial charge in [-0.15, -0.1) is 0 Å². The predicted octanol–water partition coefficient (Wildman–Crippen LogP) is 1.46. The van der Waals surface area contributed by atoms with Crippen molar-refractivity contribution in [1.29, 1.82) is 0 Å². The summed E-state index contributed by atoms with van der Waals surface area (Å²) in [6.45, 7) is 2.25. The molecule has 8 heteroatoms. The molecular formula is C18H23N5O3. The highest BCUT2D eigenvalue weighted by atomic mass is 16.5. The molecule has 26 heavy (non-hydrogen) atoms. The molecule has 2 aliphatic heterocycles. The van der Waals surface area contributed by atoms with E-state index in [4.69, 9.17) is 15.0 Å². The first-order valence-corrected chi connectivity index (χ1v) is 9.05. The van der Waals surface area contributed by atoms with Gasteiger partial charge in [-0.1, -0.05) is 11.6 Å². The molecule has 0 bridgehead atoms. The van der Waals surface area contributed by atoms with Crippen LogP contribution in [0.5, 0.6) is 5.75 Å². The second-order valence-corrected chi connectivity index (χ2v) is 6.70. The zero-order valence-electron chi connectivity index (χ0n) is 14.6. The summed E-state index contributed by atoms with van der Waals surface area (Å²) < 4.78 is 10.6. The smallest absolute Gasteiger partial charge is 0.241 e. The van der Waals surface area contributed by atoms with Gasteiger partial charge in [0.25, 0.3) is 0 Å². The van der Waals surface area contributed by atoms with Crippen LogP contribution in [-0.2, 0) is 24.3 Å². The zero-order chi connectivity index (χ0) is 17.9. The Bertz CT molecular complexity index is 791. The van der Waals surface area contributed by atoms with Gasteiger partial charge >= 0.3 is 0 Å². The van der Waals surface area contributed by atoms with Crippen molar-refractivity contribution in [2.45, 2.75) is 44.8 Å². The summed E-state index contributed by atoms with van der Waals surface area (Å²) in [4.78, 5) is 19.2. The third-order valence-electron chi connectivity index (χ3n) is 4.90. The Kier molecular flexibility index (Phi) is 4.85. The summed E-state index contributed by atoms with van der Waals surface area (Å²) in [6, 6.07) is 5.61. The van der Waals surface area contributed by atoms with Crippen molar-refractivity contribution < 1.29 is 14.1 Å². The molecule has 2 aromatic rings. The Balaban J connectivity index is 1.44. The summed E-state index contributed by atoms with van der Waals surface area (Å²) in [5, 5.41) is 7.00. The molecule has 8 nitrogen and oxygen atoms in total. The molecule has 1 atom stereocenters. The van der Waals surface area contributed by atoms with E-state index >= 15 is 0 Å². The van der Waals surface area contributed by atoms with Crippen LogP contribution >= 0.6 is 0 Å². The summed E-state index contributed by atoms with van der Waals surface area (Å²) >= 11 is 0. The number of hydrogen-bond donors (Lipinski definition) is 2. The van der Waals surface area contributed by atoms with Gasteiger partial charge < -0.3 is 20.3 Å². The minimum absolute atomic E-state index is 0.00566. The average molecular weight is 357 g/mol. The fourth-order valence-corrected chi connectivity index (χ4v) is 3.59. The highest BCUT2D eigenvalue weighted by Crippen LogP contribution is 2.28. The van der Waals surface area contributed by atoms with Crippen LogP contribution in [0.1, 0.15) is 36.5 Å². The fourth-order valence-electron chi connectivity index (χ4n) is 3.59. The molecule has 0 spiro atoms. The van der Waals surface area contributed by atoms with Crippen LogP contribution in [0.25, 0.3) is 0 Å². The van der Waals surface area contributed by atoms with E-state index in [-0.39, 0.29) is 18.5 Å². The molecule has 0 aliphatic carbocycles. The van der Waals surface area contributed by atoms with Crippen LogP contribution in [-0.4, -0.2) is 40.1 Å². The minimum atomic E-state index is -0.201. The van der Waals surface area contributed by atoms with E-state index in [1.807, 2.05) is 18.2 Å². The lowest BCUT2D eigenvalue weighted by atomic mass is 10.0. The zero-order valence-corrected chi connectivity index (χ0v) is 14.6. The van der Waals surface area contributed by atoms with Crippen LogP contribution in [0.2, 0.25) is 0 Å². The summed E-state index contributed by atoms with van der Waals surface area (Å²) in [5.74, 6) is 1.90. The SMILES string of the molecule is NCc1nc(CN2CCCCC2C(=O)Nc2ccc3c(c2)CCO3)no1. The highest BCUT2D eigenvalue weighted by Gasteiger charge is 2.30. The maximum atomic E-state index is 12.9. The third kappa shape index (κ3) is 3.56. The maximum absolute atomic E-state index is 12.9. The van der Waals surface area contributed by atoms with Gasteiger partial charge in [-0.3, -0.25) is 9.69 Å². The Hall–Kier alpha value is -2.45. The molecule has 3 heterocycles. The maximum Gasteiger partial charge on any atom is 0.241 e. The van der Waals surface area contributed by atoms with Gasteiger partial charge in [0.1, 0.15) is 5.75 Å². The second kappa shape index (κ2) is 7.43. The predicted molar refractivity (Wildman–Crippen MR) is 94.5 cm³/mol. The summed E-state index contributed by atoms with van der Waals surface area (Å²) in [7, 11) is 0. The minimum Gasteiger partial charge on any atom is -0.493 e. The Morgan fingerprint density at radius 2 is 2.31 bits per heavy atom. The van der Waals surface area contributed by atoms with Crippen molar-refractivity contribution in [3.63, 3.8) is 0 Å². The standard InChI is InChI=1S/C18H23N5O3/c19-10-17-21-16(22-26-17)11-23-7-2-1-3-14(23)18(24)20-13-4-5-15-12(9-13)6-8-25-15/h4-5,9,14H,1-3,6-8,10-11,19H2,(H,20,24). The molecule has 2 aliphatic rings. The monoisotopic (exact) mass is 357 g/mol. The first kappa shape index (κ1) is 17.0. The largest absolute Gasteiger partial charge is 0.493 e. The fraction of sp³-hybridized carbons (Fsp3) is 0.500.